The fraction of sp³-hybridized carbons (Fsp3) is 0.625. The second-order valence-electron chi connectivity index (χ2n) is 2.99. The highest BCUT2D eigenvalue weighted by atomic mass is 16.2. The van der Waals surface area contributed by atoms with Gasteiger partial charge >= 0.3 is 0 Å². The Labute approximate surface area is 82.6 Å². The first-order valence-corrected chi connectivity index (χ1v) is 4.18. The topological polar surface area (TPSA) is 78.5 Å². The van der Waals surface area contributed by atoms with E-state index in [0.29, 0.717) is 6.29 Å². The van der Waals surface area contributed by atoms with E-state index in [0.717, 1.165) is 0 Å². The Hall–Kier alpha value is -1.43. The molecule has 0 aliphatic rings. The molecule has 0 saturated carbocycles. The largest absolute Gasteiger partial charge is 0.348 e. The number of nitrogens with zero attached hydrogens (tertiary/aromatic N) is 1. The van der Waals surface area contributed by atoms with Crippen molar-refractivity contribution in [2.75, 3.05) is 33.7 Å². The fourth-order valence-electron chi connectivity index (χ4n) is 0.740. The summed E-state index contributed by atoms with van der Waals surface area (Å²) < 4.78 is 0. The van der Waals surface area contributed by atoms with Gasteiger partial charge < -0.3 is 20.3 Å². The molecule has 0 aromatic heterocycles. The van der Waals surface area contributed by atoms with Crippen LogP contribution in [0.5, 0.6) is 0 Å². The Kier molecular flexibility index (Phi) is 6.30. The summed E-state index contributed by atoms with van der Waals surface area (Å²) in [5, 5.41) is 4.72. The van der Waals surface area contributed by atoms with Crippen molar-refractivity contribution in [2.45, 2.75) is 0 Å². The van der Waals surface area contributed by atoms with Crippen molar-refractivity contribution in [3.63, 3.8) is 0 Å². The van der Waals surface area contributed by atoms with E-state index in [-0.39, 0.29) is 31.4 Å². The molecule has 2 N–H and O–H groups in total. The molecule has 0 fully saturated rings. The van der Waals surface area contributed by atoms with Gasteiger partial charge in [0, 0.05) is 0 Å². The van der Waals surface area contributed by atoms with E-state index in [1.807, 2.05) is 0 Å². The molecular weight excluding hydrogens is 186 g/mol. The minimum absolute atomic E-state index is 0.0254. The number of rotatable bonds is 6. The Balaban J connectivity index is 3.55. The molecule has 0 saturated heterocycles. The number of hydrogen-bond donors (Lipinski definition) is 2. The molecular formula is C8H15N3O3. The molecule has 0 aromatic rings. The van der Waals surface area contributed by atoms with Crippen molar-refractivity contribution >= 4 is 18.1 Å². The molecule has 0 rings (SSSR count). The Bertz CT molecular complexity index is 216. The third kappa shape index (κ3) is 7.23. The third-order valence-electron chi connectivity index (χ3n) is 1.29. The van der Waals surface area contributed by atoms with Crippen LogP contribution in [0.3, 0.4) is 0 Å². The molecule has 6 nitrogen and oxygen atoms in total. The number of carbonyl (C=O) groups is 3. The van der Waals surface area contributed by atoms with Gasteiger partial charge in [-0.2, -0.15) is 0 Å². The normalized spacial score (nSPS) is 9.64. The molecule has 14 heavy (non-hydrogen) atoms. The molecule has 0 aromatic carbocycles. The van der Waals surface area contributed by atoms with Crippen molar-refractivity contribution < 1.29 is 14.4 Å². The minimum atomic E-state index is -0.371. The maximum Gasteiger partial charge on any atom is 0.239 e. The van der Waals surface area contributed by atoms with Crippen LogP contribution in [0.2, 0.25) is 0 Å². The quantitative estimate of drug-likeness (QED) is 0.486. The van der Waals surface area contributed by atoms with E-state index >= 15 is 0 Å². The molecule has 0 spiro atoms. The van der Waals surface area contributed by atoms with Crippen molar-refractivity contribution in [3.8, 4) is 0 Å². The maximum atomic E-state index is 11.0. The van der Waals surface area contributed by atoms with Gasteiger partial charge in [0.1, 0.15) is 6.29 Å². The van der Waals surface area contributed by atoms with Crippen molar-refractivity contribution in [1.29, 1.82) is 0 Å². The van der Waals surface area contributed by atoms with Gasteiger partial charge in [0.25, 0.3) is 0 Å². The number of likely N-dealkylation sites (N-methyl/N-ethyl adjacent to an activating group) is 1. The van der Waals surface area contributed by atoms with Crippen molar-refractivity contribution in [2.24, 2.45) is 0 Å². The lowest BCUT2D eigenvalue weighted by molar-refractivity contribution is -0.126. The second kappa shape index (κ2) is 7.02. The van der Waals surface area contributed by atoms with Crippen LogP contribution >= 0.6 is 0 Å². The average molecular weight is 201 g/mol. The van der Waals surface area contributed by atoms with Gasteiger partial charge in [0.2, 0.25) is 11.8 Å². The molecule has 0 unspecified atom stereocenters. The lowest BCUT2D eigenvalue weighted by Gasteiger charge is -2.09. The Morgan fingerprint density at radius 3 is 2.36 bits per heavy atom. The number of amides is 2. The van der Waals surface area contributed by atoms with Crippen LogP contribution in [0.1, 0.15) is 0 Å². The average Bonchev–Trinajstić information content (AvgIpc) is 2.10. The first-order chi connectivity index (χ1) is 6.56. The lowest BCUT2D eigenvalue weighted by atomic mass is 10.5. The molecule has 2 amide bonds. The van der Waals surface area contributed by atoms with E-state index in [9.17, 15) is 14.4 Å². The maximum absolute atomic E-state index is 11.0. The summed E-state index contributed by atoms with van der Waals surface area (Å²) in [5.74, 6) is -0.597. The predicted octanol–water partition coefficient (Wildman–Crippen LogP) is -2.02. The summed E-state index contributed by atoms with van der Waals surface area (Å²) in [6, 6.07) is 0. The smallest absolute Gasteiger partial charge is 0.239 e. The summed E-state index contributed by atoms with van der Waals surface area (Å²) in [4.78, 5) is 33.5. The highest BCUT2D eigenvalue weighted by Crippen LogP contribution is 1.73. The fourth-order valence-corrected chi connectivity index (χ4v) is 0.740. The monoisotopic (exact) mass is 201 g/mol. The zero-order valence-electron chi connectivity index (χ0n) is 8.37. The van der Waals surface area contributed by atoms with Crippen LogP contribution in [0.15, 0.2) is 0 Å². The number of carbonyl (C=O) groups excluding carboxylic acids is 3. The van der Waals surface area contributed by atoms with Crippen molar-refractivity contribution in [1.82, 2.24) is 15.5 Å². The van der Waals surface area contributed by atoms with Gasteiger partial charge in [0.15, 0.2) is 0 Å². The molecule has 0 radical (unpaired) electrons. The number of hydrogen-bond acceptors (Lipinski definition) is 4. The first kappa shape index (κ1) is 12.6. The zero-order valence-corrected chi connectivity index (χ0v) is 8.37. The predicted molar refractivity (Wildman–Crippen MR) is 50.6 cm³/mol. The van der Waals surface area contributed by atoms with E-state index in [1.165, 1.54) is 0 Å². The Morgan fingerprint density at radius 1 is 1.21 bits per heavy atom. The van der Waals surface area contributed by atoms with Crippen LogP contribution in [0.25, 0.3) is 0 Å². The van der Waals surface area contributed by atoms with Crippen LogP contribution < -0.4 is 10.6 Å². The molecule has 0 aliphatic carbocycles. The summed E-state index contributed by atoms with van der Waals surface area (Å²) in [6.45, 7) is 0.115. The summed E-state index contributed by atoms with van der Waals surface area (Å²) in [5.41, 5.74) is 0. The summed E-state index contributed by atoms with van der Waals surface area (Å²) in [7, 11) is 3.51. The molecule has 0 aliphatic heterocycles. The summed E-state index contributed by atoms with van der Waals surface area (Å²) >= 11 is 0. The Morgan fingerprint density at radius 2 is 1.86 bits per heavy atom. The molecule has 80 valence electrons. The van der Waals surface area contributed by atoms with Gasteiger partial charge in [-0.3, -0.25) is 9.59 Å². The minimum Gasteiger partial charge on any atom is -0.348 e. The van der Waals surface area contributed by atoms with Gasteiger partial charge in [-0.25, -0.2) is 0 Å². The number of nitrogens with one attached hydrogen (secondary N) is 2. The van der Waals surface area contributed by atoms with Crippen LogP contribution in [0, 0.1) is 0 Å². The van der Waals surface area contributed by atoms with E-state index in [1.54, 1.807) is 19.0 Å². The van der Waals surface area contributed by atoms with Crippen LogP contribution in [-0.2, 0) is 14.4 Å². The third-order valence-corrected chi connectivity index (χ3v) is 1.29. The van der Waals surface area contributed by atoms with Gasteiger partial charge in [-0.15, -0.1) is 0 Å². The number of aldehydes is 1. The molecule has 6 heteroatoms. The summed E-state index contributed by atoms with van der Waals surface area (Å²) in [6.07, 6.45) is 0.583. The lowest BCUT2D eigenvalue weighted by Crippen LogP contribution is -2.40. The zero-order chi connectivity index (χ0) is 11.0. The highest BCUT2D eigenvalue weighted by molar-refractivity contribution is 5.86. The van der Waals surface area contributed by atoms with Gasteiger partial charge in [0.05, 0.1) is 19.6 Å². The van der Waals surface area contributed by atoms with Crippen LogP contribution in [-0.4, -0.2) is 56.7 Å². The molecule has 0 bridgehead atoms. The van der Waals surface area contributed by atoms with E-state index in [4.69, 9.17) is 0 Å². The van der Waals surface area contributed by atoms with Crippen LogP contribution in [0.4, 0.5) is 0 Å². The van der Waals surface area contributed by atoms with E-state index < -0.39 is 0 Å². The molecule has 0 heterocycles. The first-order valence-electron chi connectivity index (χ1n) is 4.18. The van der Waals surface area contributed by atoms with Gasteiger partial charge in [-0.05, 0) is 14.1 Å². The van der Waals surface area contributed by atoms with Gasteiger partial charge in [-0.1, -0.05) is 0 Å². The standard InChI is InChI=1S/C8H15N3O3/c1-11(2)6-8(14)10-5-7(13)9-3-4-12/h4H,3,5-6H2,1-2H3,(H,9,13)(H,10,14). The SMILES string of the molecule is CN(C)CC(=O)NCC(=O)NCC=O. The van der Waals surface area contributed by atoms with E-state index in [2.05, 4.69) is 10.6 Å². The highest BCUT2D eigenvalue weighted by Gasteiger charge is 2.05. The molecule has 0 atom stereocenters. The van der Waals surface area contributed by atoms with Crippen molar-refractivity contribution in [3.05, 3.63) is 0 Å². The second-order valence-corrected chi connectivity index (χ2v) is 2.99.